The first-order valence-corrected chi connectivity index (χ1v) is 8.76. The van der Waals surface area contributed by atoms with Crippen molar-refractivity contribution in [3.8, 4) is 17.2 Å². The predicted molar refractivity (Wildman–Crippen MR) is 121 cm³/mol. The molecular formula is C20H27FIN3O3. The lowest BCUT2D eigenvalue weighted by Gasteiger charge is -2.16. The first kappa shape index (κ1) is 23.8. The van der Waals surface area contributed by atoms with Crippen LogP contribution in [0.1, 0.15) is 13.8 Å². The molecule has 2 aromatic rings. The van der Waals surface area contributed by atoms with E-state index in [2.05, 4.69) is 15.6 Å². The van der Waals surface area contributed by atoms with Gasteiger partial charge in [-0.25, -0.2) is 9.38 Å². The number of para-hydroxylation sites is 1. The van der Waals surface area contributed by atoms with Gasteiger partial charge in [-0.1, -0.05) is 12.1 Å². The first-order chi connectivity index (χ1) is 13.1. The fraction of sp³-hybridized carbons (Fsp3) is 0.350. The van der Waals surface area contributed by atoms with Gasteiger partial charge in [0.25, 0.3) is 0 Å². The van der Waals surface area contributed by atoms with Gasteiger partial charge in [0.15, 0.2) is 29.0 Å². The van der Waals surface area contributed by atoms with Gasteiger partial charge < -0.3 is 24.8 Å². The van der Waals surface area contributed by atoms with Gasteiger partial charge in [0.05, 0.1) is 20.8 Å². The summed E-state index contributed by atoms with van der Waals surface area (Å²) in [6, 6.07) is 11.8. The molecule has 1 unspecified atom stereocenters. The van der Waals surface area contributed by atoms with Crippen LogP contribution in [-0.4, -0.2) is 39.4 Å². The number of rotatable bonds is 8. The number of benzene rings is 2. The number of hydrogen-bond donors (Lipinski definition) is 2. The average Bonchev–Trinajstić information content (AvgIpc) is 2.68. The van der Waals surface area contributed by atoms with Crippen molar-refractivity contribution in [3.63, 3.8) is 0 Å². The molecule has 0 radical (unpaired) electrons. The fourth-order valence-corrected chi connectivity index (χ4v) is 2.37. The number of guanidine groups is 1. The molecule has 0 aliphatic rings. The molecule has 0 saturated heterocycles. The number of methoxy groups -OCH3 is 2. The second-order valence-corrected chi connectivity index (χ2v) is 5.77. The Morgan fingerprint density at radius 1 is 1.07 bits per heavy atom. The van der Waals surface area contributed by atoms with Crippen molar-refractivity contribution < 1.29 is 18.6 Å². The third-order valence-corrected chi connectivity index (χ3v) is 3.66. The molecule has 1 atom stereocenters. The maximum absolute atomic E-state index is 13.7. The van der Waals surface area contributed by atoms with Crippen molar-refractivity contribution in [2.24, 2.45) is 4.99 Å². The summed E-state index contributed by atoms with van der Waals surface area (Å²) in [5.74, 6) is 1.70. The summed E-state index contributed by atoms with van der Waals surface area (Å²) in [5.41, 5.74) is 0.801. The van der Waals surface area contributed by atoms with E-state index < -0.39 is 0 Å². The van der Waals surface area contributed by atoms with E-state index in [1.807, 2.05) is 32.0 Å². The Labute approximate surface area is 182 Å². The number of anilines is 1. The molecule has 28 heavy (non-hydrogen) atoms. The third-order valence-electron chi connectivity index (χ3n) is 3.66. The van der Waals surface area contributed by atoms with Crippen LogP contribution < -0.4 is 24.8 Å². The minimum Gasteiger partial charge on any atom is -0.493 e. The van der Waals surface area contributed by atoms with Gasteiger partial charge in [0, 0.05) is 18.3 Å². The summed E-state index contributed by atoms with van der Waals surface area (Å²) in [6.07, 6.45) is -0.289. The number of hydrogen-bond acceptors (Lipinski definition) is 4. The summed E-state index contributed by atoms with van der Waals surface area (Å²) in [5, 5.41) is 6.38. The van der Waals surface area contributed by atoms with Crippen LogP contribution in [0.3, 0.4) is 0 Å². The van der Waals surface area contributed by atoms with E-state index in [0.717, 1.165) is 5.69 Å². The minimum absolute atomic E-state index is 0. The summed E-state index contributed by atoms with van der Waals surface area (Å²) in [7, 11) is 3.18. The molecule has 2 rings (SSSR count). The normalized spacial score (nSPS) is 11.8. The van der Waals surface area contributed by atoms with Crippen molar-refractivity contribution in [1.82, 2.24) is 5.32 Å². The van der Waals surface area contributed by atoms with Gasteiger partial charge in [0.1, 0.15) is 6.10 Å². The topological polar surface area (TPSA) is 64.1 Å². The summed E-state index contributed by atoms with van der Waals surface area (Å²) < 4.78 is 29.9. The van der Waals surface area contributed by atoms with Gasteiger partial charge in [-0.2, -0.15) is 0 Å². The Bertz CT molecular complexity index is 774. The van der Waals surface area contributed by atoms with Crippen LogP contribution in [-0.2, 0) is 0 Å². The molecule has 8 heteroatoms. The molecular weight excluding hydrogens is 476 g/mol. The Morgan fingerprint density at radius 2 is 1.79 bits per heavy atom. The van der Waals surface area contributed by atoms with Gasteiger partial charge >= 0.3 is 0 Å². The quantitative estimate of drug-likeness (QED) is 0.320. The standard InChI is InChI=1S/C20H26FN3O3.HI/c1-5-22-20(24-15-10-11-18(25-3)19(12-15)26-4)23-13-14(2)27-17-9-7-6-8-16(17)21;/h6-12,14H,5,13H2,1-4H3,(H2,22,23,24);1H. The van der Waals surface area contributed by atoms with E-state index in [0.29, 0.717) is 30.5 Å². The highest BCUT2D eigenvalue weighted by Crippen LogP contribution is 2.29. The molecule has 0 fully saturated rings. The minimum atomic E-state index is -0.385. The molecule has 0 aliphatic carbocycles. The van der Waals surface area contributed by atoms with Crippen LogP contribution in [0.4, 0.5) is 10.1 Å². The second-order valence-electron chi connectivity index (χ2n) is 5.77. The Balaban J connectivity index is 0.00000392. The fourth-order valence-electron chi connectivity index (χ4n) is 2.37. The zero-order chi connectivity index (χ0) is 19.6. The van der Waals surface area contributed by atoms with E-state index in [4.69, 9.17) is 14.2 Å². The molecule has 0 heterocycles. The van der Waals surface area contributed by atoms with Crippen LogP contribution >= 0.6 is 24.0 Å². The van der Waals surface area contributed by atoms with Crippen LogP contribution in [0.5, 0.6) is 17.2 Å². The summed E-state index contributed by atoms with van der Waals surface area (Å²) in [4.78, 5) is 4.51. The van der Waals surface area contributed by atoms with Crippen molar-refractivity contribution in [1.29, 1.82) is 0 Å². The van der Waals surface area contributed by atoms with Crippen LogP contribution in [0.25, 0.3) is 0 Å². The molecule has 2 N–H and O–H groups in total. The number of halogens is 2. The zero-order valence-corrected chi connectivity index (χ0v) is 18.8. The van der Waals surface area contributed by atoms with E-state index in [9.17, 15) is 4.39 Å². The molecule has 0 saturated carbocycles. The summed E-state index contributed by atoms with van der Waals surface area (Å²) in [6.45, 7) is 4.87. The molecule has 0 spiro atoms. The largest absolute Gasteiger partial charge is 0.493 e. The van der Waals surface area contributed by atoms with Crippen molar-refractivity contribution in [2.75, 3.05) is 32.6 Å². The molecule has 6 nitrogen and oxygen atoms in total. The van der Waals surface area contributed by atoms with Gasteiger partial charge in [-0.15, -0.1) is 24.0 Å². The lowest BCUT2D eigenvalue weighted by atomic mass is 10.2. The van der Waals surface area contributed by atoms with E-state index in [-0.39, 0.29) is 41.6 Å². The van der Waals surface area contributed by atoms with Crippen LogP contribution in [0, 0.1) is 5.82 Å². The molecule has 2 aromatic carbocycles. The third kappa shape index (κ3) is 7.06. The van der Waals surface area contributed by atoms with Gasteiger partial charge in [-0.3, -0.25) is 0 Å². The highest BCUT2D eigenvalue weighted by Gasteiger charge is 2.09. The lowest BCUT2D eigenvalue weighted by molar-refractivity contribution is 0.220. The van der Waals surface area contributed by atoms with Gasteiger partial charge in [-0.05, 0) is 38.1 Å². The lowest BCUT2D eigenvalue weighted by Crippen LogP contribution is -2.32. The smallest absolute Gasteiger partial charge is 0.195 e. The monoisotopic (exact) mass is 503 g/mol. The number of aliphatic imine (C=N–C) groups is 1. The SMILES string of the molecule is CCNC(=NCC(C)Oc1ccccc1F)Nc1ccc(OC)c(OC)c1.I. The number of nitrogens with zero attached hydrogens (tertiary/aromatic N) is 1. The Hall–Kier alpha value is -2.23. The van der Waals surface area contributed by atoms with Crippen LogP contribution in [0.2, 0.25) is 0 Å². The molecule has 0 bridgehead atoms. The predicted octanol–water partition coefficient (Wildman–Crippen LogP) is 4.31. The van der Waals surface area contributed by atoms with Crippen LogP contribution in [0.15, 0.2) is 47.5 Å². The first-order valence-electron chi connectivity index (χ1n) is 8.76. The average molecular weight is 503 g/mol. The summed E-state index contributed by atoms with van der Waals surface area (Å²) >= 11 is 0. The van der Waals surface area contributed by atoms with Crippen molar-refractivity contribution in [2.45, 2.75) is 20.0 Å². The highest BCUT2D eigenvalue weighted by atomic mass is 127. The zero-order valence-electron chi connectivity index (χ0n) is 16.5. The molecule has 0 aromatic heterocycles. The van der Waals surface area contributed by atoms with Crippen molar-refractivity contribution >= 4 is 35.6 Å². The Kier molecular flexibility index (Phi) is 10.4. The maximum Gasteiger partial charge on any atom is 0.195 e. The molecule has 0 amide bonds. The Morgan fingerprint density at radius 3 is 2.43 bits per heavy atom. The second kappa shape index (κ2) is 12.3. The van der Waals surface area contributed by atoms with E-state index in [1.165, 1.54) is 6.07 Å². The van der Waals surface area contributed by atoms with E-state index in [1.54, 1.807) is 32.4 Å². The van der Waals surface area contributed by atoms with Gasteiger partial charge in [0.2, 0.25) is 0 Å². The molecule has 154 valence electrons. The number of ether oxygens (including phenoxy) is 3. The molecule has 0 aliphatic heterocycles. The van der Waals surface area contributed by atoms with Crippen molar-refractivity contribution in [3.05, 3.63) is 48.3 Å². The highest BCUT2D eigenvalue weighted by molar-refractivity contribution is 14.0. The maximum atomic E-state index is 13.7. The van der Waals surface area contributed by atoms with E-state index >= 15 is 0 Å². The number of nitrogens with one attached hydrogen (secondary N) is 2.